The second kappa shape index (κ2) is 5.50. The second-order valence-corrected chi connectivity index (χ2v) is 4.34. The Morgan fingerprint density at radius 2 is 2.26 bits per heavy atom. The van der Waals surface area contributed by atoms with E-state index in [-0.39, 0.29) is 11.4 Å². The zero-order valence-corrected chi connectivity index (χ0v) is 10.8. The molecular formula is C12H17N3O4. The average molecular weight is 267 g/mol. The number of aromatic nitrogens is 2. The fraction of sp³-hybridized carbons (Fsp3) is 0.583. The van der Waals surface area contributed by atoms with Crippen molar-refractivity contribution in [3.8, 4) is 0 Å². The molecule has 0 spiro atoms. The molecule has 0 atom stereocenters. The van der Waals surface area contributed by atoms with Crippen molar-refractivity contribution in [1.82, 2.24) is 9.97 Å². The summed E-state index contributed by atoms with van der Waals surface area (Å²) in [4.78, 5) is 19.1. The van der Waals surface area contributed by atoms with E-state index in [1.807, 2.05) is 6.92 Å². The van der Waals surface area contributed by atoms with E-state index in [0.717, 1.165) is 0 Å². The number of rotatable bonds is 4. The molecule has 0 aromatic carbocycles. The number of hydrogen-bond acceptors (Lipinski definition) is 6. The van der Waals surface area contributed by atoms with Crippen LogP contribution in [0.25, 0.3) is 0 Å². The van der Waals surface area contributed by atoms with Gasteiger partial charge in [-0.1, -0.05) is 0 Å². The van der Waals surface area contributed by atoms with Crippen LogP contribution < -0.4 is 5.73 Å². The summed E-state index contributed by atoms with van der Waals surface area (Å²) in [6, 6.07) is 0. The molecule has 1 aliphatic rings. The fourth-order valence-electron chi connectivity index (χ4n) is 2.19. The number of carboxylic acid groups (broad SMARTS) is 1. The standard InChI is InChI=1S/C12H17N3O4/c1-2-19-12(3-5-18-6-4-12)11-14-7-8(10(16)17)9(13)15-11/h7H,2-6H2,1H3,(H,16,17)(H2,13,14,15). The molecule has 1 aliphatic heterocycles. The zero-order valence-electron chi connectivity index (χ0n) is 10.8. The SMILES string of the molecule is CCOC1(c2ncc(C(=O)O)c(N)n2)CCOCC1. The minimum atomic E-state index is -1.14. The van der Waals surface area contributed by atoms with Gasteiger partial charge in [-0.2, -0.15) is 0 Å². The predicted molar refractivity (Wildman–Crippen MR) is 66.8 cm³/mol. The molecule has 0 saturated carbocycles. The maximum Gasteiger partial charge on any atom is 0.341 e. The Labute approximate surface area is 110 Å². The number of aromatic carboxylic acids is 1. The summed E-state index contributed by atoms with van der Waals surface area (Å²) in [5.41, 5.74) is 4.94. The number of carbonyl (C=O) groups is 1. The molecule has 104 valence electrons. The van der Waals surface area contributed by atoms with Crippen molar-refractivity contribution >= 4 is 11.8 Å². The number of ether oxygens (including phenoxy) is 2. The van der Waals surface area contributed by atoms with Crippen molar-refractivity contribution in [3.05, 3.63) is 17.6 Å². The summed E-state index contributed by atoms with van der Waals surface area (Å²) in [5.74, 6) is -0.746. The lowest BCUT2D eigenvalue weighted by molar-refractivity contribution is -0.117. The summed E-state index contributed by atoms with van der Waals surface area (Å²) in [5, 5.41) is 8.92. The van der Waals surface area contributed by atoms with Gasteiger partial charge >= 0.3 is 5.97 Å². The first-order chi connectivity index (χ1) is 9.09. The molecule has 1 saturated heterocycles. The summed E-state index contributed by atoms with van der Waals surface area (Å²) in [7, 11) is 0. The first kappa shape index (κ1) is 13.7. The molecule has 0 unspecified atom stereocenters. The Morgan fingerprint density at radius 3 is 2.79 bits per heavy atom. The van der Waals surface area contributed by atoms with Gasteiger partial charge < -0.3 is 20.3 Å². The summed E-state index contributed by atoms with van der Waals surface area (Å²) in [6.45, 7) is 3.53. The maximum absolute atomic E-state index is 10.9. The Kier molecular flexibility index (Phi) is 3.96. The monoisotopic (exact) mass is 267 g/mol. The molecule has 1 aromatic rings. The smallest absolute Gasteiger partial charge is 0.341 e. The molecule has 2 heterocycles. The van der Waals surface area contributed by atoms with E-state index in [2.05, 4.69) is 9.97 Å². The van der Waals surface area contributed by atoms with Gasteiger partial charge in [-0.3, -0.25) is 0 Å². The maximum atomic E-state index is 10.9. The third-order valence-electron chi connectivity index (χ3n) is 3.18. The third-order valence-corrected chi connectivity index (χ3v) is 3.18. The molecule has 3 N–H and O–H groups in total. The highest BCUT2D eigenvalue weighted by atomic mass is 16.5. The number of anilines is 1. The van der Waals surface area contributed by atoms with Gasteiger partial charge in [0.15, 0.2) is 5.82 Å². The first-order valence-corrected chi connectivity index (χ1v) is 6.17. The number of nitrogen functional groups attached to an aromatic ring is 1. The van der Waals surface area contributed by atoms with Crippen molar-refractivity contribution < 1.29 is 19.4 Å². The lowest BCUT2D eigenvalue weighted by Crippen LogP contribution is -2.38. The van der Waals surface area contributed by atoms with Gasteiger partial charge in [-0.15, -0.1) is 0 Å². The number of nitrogens with zero attached hydrogens (tertiary/aromatic N) is 2. The molecule has 0 radical (unpaired) electrons. The van der Waals surface area contributed by atoms with Gasteiger partial charge in [0.2, 0.25) is 0 Å². The Bertz CT molecular complexity index is 467. The molecule has 1 fully saturated rings. The molecule has 1 aromatic heterocycles. The summed E-state index contributed by atoms with van der Waals surface area (Å²) < 4.78 is 11.1. The van der Waals surface area contributed by atoms with Crippen LogP contribution >= 0.6 is 0 Å². The lowest BCUT2D eigenvalue weighted by atomic mass is 9.92. The van der Waals surface area contributed by atoms with Gasteiger partial charge in [0.1, 0.15) is 17.0 Å². The molecule has 0 aliphatic carbocycles. The van der Waals surface area contributed by atoms with Crippen LogP contribution in [0.15, 0.2) is 6.20 Å². The highest BCUT2D eigenvalue weighted by Gasteiger charge is 2.38. The van der Waals surface area contributed by atoms with Crippen molar-refractivity contribution in [2.24, 2.45) is 0 Å². The van der Waals surface area contributed by atoms with Crippen LogP contribution in [0.2, 0.25) is 0 Å². The summed E-state index contributed by atoms with van der Waals surface area (Å²) in [6.07, 6.45) is 2.50. The Morgan fingerprint density at radius 1 is 1.58 bits per heavy atom. The molecule has 7 heteroatoms. The van der Waals surface area contributed by atoms with Crippen LogP contribution in [0.4, 0.5) is 5.82 Å². The number of nitrogens with two attached hydrogens (primary N) is 1. The largest absolute Gasteiger partial charge is 0.477 e. The van der Waals surface area contributed by atoms with Gasteiger partial charge in [0.05, 0.1) is 0 Å². The van der Waals surface area contributed by atoms with Crippen LogP contribution in [0.3, 0.4) is 0 Å². The van der Waals surface area contributed by atoms with Gasteiger partial charge in [-0.05, 0) is 6.92 Å². The van der Waals surface area contributed by atoms with Crippen molar-refractivity contribution in [1.29, 1.82) is 0 Å². The molecule has 19 heavy (non-hydrogen) atoms. The molecule has 0 bridgehead atoms. The van der Waals surface area contributed by atoms with E-state index in [1.165, 1.54) is 6.20 Å². The van der Waals surface area contributed by atoms with Crippen molar-refractivity contribution in [2.75, 3.05) is 25.6 Å². The van der Waals surface area contributed by atoms with Crippen molar-refractivity contribution in [3.63, 3.8) is 0 Å². The van der Waals surface area contributed by atoms with Crippen LogP contribution in [0, 0.1) is 0 Å². The highest BCUT2D eigenvalue weighted by molar-refractivity contribution is 5.92. The minimum Gasteiger partial charge on any atom is -0.477 e. The van der Waals surface area contributed by atoms with Crippen LogP contribution in [0.1, 0.15) is 35.9 Å². The summed E-state index contributed by atoms with van der Waals surface area (Å²) >= 11 is 0. The van der Waals surface area contributed by atoms with Crippen molar-refractivity contribution in [2.45, 2.75) is 25.4 Å². The second-order valence-electron chi connectivity index (χ2n) is 4.34. The highest BCUT2D eigenvalue weighted by Crippen LogP contribution is 2.34. The number of hydrogen-bond donors (Lipinski definition) is 2. The molecule has 0 amide bonds. The minimum absolute atomic E-state index is 0.0388. The van der Waals surface area contributed by atoms with E-state index in [4.69, 9.17) is 20.3 Å². The van der Waals surface area contributed by atoms with Crippen LogP contribution in [-0.2, 0) is 15.1 Å². The van der Waals surface area contributed by atoms with E-state index in [1.54, 1.807) is 0 Å². The van der Waals surface area contributed by atoms with Crippen LogP contribution in [-0.4, -0.2) is 40.9 Å². The topological polar surface area (TPSA) is 108 Å². The lowest BCUT2D eigenvalue weighted by Gasteiger charge is -2.35. The number of carboxylic acids is 1. The van der Waals surface area contributed by atoms with E-state index in [9.17, 15) is 4.79 Å². The van der Waals surface area contributed by atoms with E-state index >= 15 is 0 Å². The predicted octanol–water partition coefficient (Wildman–Crippen LogP) is 0.799. The van der Waals surface area contributed by atoms with Gasteiger partial charge in [-0.25, -0.2) is 14.8 Å². The normalized spacial score (nSPS) is 18.2. The third kappa shape index (κ3) is 2.66. The molecule has 2 rings (SSSR count). The average Bonchev–Trinajstić information content (AvgIpc) is 2.39. The quantitative estimate of drug-likeness (QED) is 0.830. The fourth-order valence-corrected chi connectivity index (χ4v) is 2.19. The zero-order chi connectivity index (χ0) is 13.9. The molecule has 7 nitrogen and oxygen atoms in total. The molecular weight excluding hydrogens is 250 g/mol. The van der Waals surface area contributed by atoms with Crippen LogP contribution in [0.5, 0.6) is 0 Å². The van der Waals surface area contributed by atoms with E-state index < -0.39 is 11.6 Å². The Balaban J connectivity index is 2.37. The van der Waals surface area contributed by atoms with Gasteiger partial charge in [0, 0.05) is 38.9 Å². The van der Waals surface area contributed by atoms with E-state index in [0.29, 0.717) is 38.5 Å². The first-order valence-electron chi connectivity index (χ1n) is 6.17. The van der Waals surface area contributed by atoms with Gasteiger partial charge in [0.25, 0.3) is 0 Å². The Hall–Kier alpha value is -1.73.